The maximum atomic E-state index is 2.61. The van der Waals surface area contributed by atoms with E-state index >= 15 is 0 Å². The lowest BCUT2D eigenvalue weighted by atomic mass is 9.82. The van der Waals surface area contributed by atoms with Crippen LogP contribution in [0.5, 0.6) is 0 Å². The van der Waals surface area contributed by atoms with Gasteiger partial charge in [-0.3, -0.25) is 0 Å². The molecular formula is C60H44N2. The molecule has 0 N–H and O–H groups in total. The summed E-state index contributed by atoms with van der Waals surface area (Å²) in [6.45, 7) is 9.55. The van der Waals surface area contributed by atoms with Crippen molar-refractivity contribution in [2.75, 3.05) is 4.90 Å². The van der Waals surface area contributed by atoms with Gasteiger partial charge in [0.15, 0.2) is 0 Å². The van der Waals surface area contributed by atoms with Crippen LogP contribution in [0.3, 0.4) is 0 Å². The van der Waals surface area contributed by atoms with Crippen LogP contribution in [-0.2, 0) is 10.8 Å². The molecule has 11 aromatic rings. The van der Waals surface area contributed by atoms with E-state index in [1.807, 2.05) is 0 Å². The van der Waals surface area contributed by atoms with Crippen molar-refractivity contribution in [3.05, 3.63) is 216 Å². The highest BCUT2D eigenvalue weighted by molar-refractivity contribution is 6.29. The Morgan fingerprint density at radius 1 is 0.355 bits per heavy atom. The minimum Gasteiger partial charge on any atom is -0.308 e. The molecule has 0 spiro atoms. The molecular weight excluding hydrogens is 749 g/mol. The molecule has 0 aliphatic heterocycles. The fourth-order valence-electron chi connectivity index (χ4n) is 11.7. The summed E-state index contributed by atoms with van der Waals surface area (Å²) in [6.07, 6.45) is 0. The first-order valence-electron chi connectivity index (χ1n) is 21.9. The summed E-state index contributed by atoms with van der Waals surface area (Å²) >= 11 is 0. The van der Waals surface area contributed by atoms with Gasteiger partial charge in [-0.25, -0.2) is 0 Å². The molecule has 2 heteroatoms. The zero-order valence-corrected chi connectivity index (χ0v) is 35.4. The first kappa shape index (κ1) is 35.3. The van der Waals surface area contributed by atoms with E-state index in [-0.39, 0.29) is 10.8 Å². The predicted octanol–water partition coefficient (Wildman–Crippen LogP) is 16.3. The second-order valence-electron chi connectivity index (χ2n) is 18.4. The summed E-state index contributed by atoms with van der Waals surface area (Å²) in [5.41, 5.74) is 17.4. The molecule has 13 rings (SSSR count). The third kappa shape index (κ3) is 4.59. The highest BCUT2D eigenvalue weighted by Crippen LogP contribution is 2.57. The van der Waals surface area contributed by atoms with Crippen LogP contribution in [0.4, 0.5) is 17.1 Å². The lowest BCUT2D eigenvalue weighted by Crippen LogP contribution is -2.18. The van der Waals surface area contributed by atoms with E-state index in [2.05, 4.69) is 231 Å². The van der Waals surface area contributed by atoms with Crippen molar-refractivity contribution in [3.8, 4) is 27.9 Å². The fourth-order valence-corrected chi connectivity index (χ4v) is 11.7. The van der Waals surface area contributed by atoms with Gasteiger partial charge in [-0.2, -0.15) is 0 Å². The normalized spacial score (nSPS) is 14.4. The maximum Gasteiger partial charge on any atom is 0.0788 e. The Hall–Kier alpha value is -7.42. The minimum absolute atomic E-state index is 0.163. The van der Waals surface area contributed by atoms with Gasteiger partial charge < -0.3 is 9.47 Å². The first-order valence-corrected chi connectivity index (χ1v) is 21.9. The summed E-state index contributed by atoms with van der Waals surface area (Å²) in [5.74, 6) is 0. The van der Waals surface area contributed by atoms with Crippen molar-refractivity contribution in [2.45, 2.75) is 38.5 Å². The Morgan fingerprint density at radius 2 is 0.839 bits per heavy atom. The van der Waals surface area contributed by atoms with Gasteiger partial charge in [-0.05, 0) is 102 Å². The molecule has 2 nitrogen and oxygen atoms in total. The van der Waals surface area contributed by atoms with Crippen LogP contribution in [0.2, 0.25) is 0 Å². The van der Waals surface area contributed by atoms with Crippen LogP contribution in [0.25, 0.3) is 82.1 Å². The molecule has 0 atom stereocenters. The standard InChI is InChI=1S/C60H44N2/c1-59(2)49-27-14-10-25-47(49)57-50(59)28-17-31-54(57)61(37-32-33-42-41-21-9-13-26-48(41)60(3,4)51(42)36-37)55-35-34-46-40-20-6-5-18-38(40)39-19-7-8-24-45(39)56(46)58(55)62-52-29-15-11-22-43(52)44-23-12-16-30-53(44)62/h5-36H,1-4H3. The van der Waals surface area contributed by atoms with E-state index in [0.717, 1.165) is 11.4 Å². The quantitative estimate of drug-likeness (QED) is 0.161. The summed E-state index contributed by atoms with van der Waals surface area (Å²) in [4.78, 5) is 2.61. The number of aromatic nitrogens is 1. The average molecular weight is 793 g/mol. The van der Waals surface area contributed by atoms with Gasteiger partial charge in [0.1, 0.15) is 0 Å². The number of anilines is 3. The Bertz CT molecular complexity index is 3620. The Balaban J connectivity index is 1.24. The van der Waals surface area contributed by atoms with Crippen LogP contribution in [0, 0.1) is 0 Å². The largest absolute Gasteiger partial charge is 0.308 e. The van der Waals surface area contributed by atoms with Crippen molar-refractivity contribution in [1.29, 1.82) is 0 Å². The van der Waals surface area contributed by atoms with E-state index in [1.165, 1.54) is 110 Å². The summed E-state index contributed by atoms with van der Waals surface area (Å²) in [5, 5.41) is 10.0. The molecule has 1 heterocycles. The molecule has 0 bridgehead atoms. The molecule has 2 aliphatic rings. The number of para-hydroxylation sites is 2. The van der Waals surface area contributed by atoms with Gasteiger partial charge in [-0.1, -0.05) is 185 Å². The SMILES string of the molecule is CC1(C)c2ccccc2-c2ccc(N(c3cccc4c3-c3ccccc3C4(C)C)c3ccc4c5ccccc5c5ccccc5c4c3-n3c4ccccc4c4ccccc43)cc21. The van der Waals surface area contributed by atoms with Crippen molar-refractivity contribution in [2.24, 2.45) is 0 Å². The minimum atomic E-state index is -0.172. The number of benzene rings is 10. The first-order chi connectivity index (χ1) is 30.3. The topological polar surface area (TPSA) is 8.17 Å². The lowest BCUT2D eigenvalue weighted by Gasteiger charge is -2.33. The number of rotatable bonds is 4. The number of fused-ring (bicyclic) bond motifs is 15. The van der Waals surface area contributed by atoms with Gasteiger partial charge in [-0.15, -0.1) is 0 Å². The molecule has 10 aromatic carbocycles. The molecule has 62 heavy (non-hydrogen) atoms. The molecule has 0 fully saturated rings. The molecule has 0 amide bonds. The van der Waals surface area contributed by atoms with Gasteiger partial charge in [0, 0.05) is 38.2 Å². The predicted molar refractivity (Wildman–Crippen MR) is 263 cm³/mol. The highest BCUT2D eigenvalue weighted by atomic mass is 15.2. The van der Waals surface area contributed by atoms with E-state index in [1.54, 1.807) is 0 Å². The van der Waals surface area contributed by atoms with Crippen molar-refractivity contribution in [3.63, 3.8) is 0 Å². The van der Waals surface area contributed by atoms with E-state index < -0.39 is 0 Å². The maximum absolute atomic E-state index is 2.61. The van der Waals surface area contributed by atoms with Crippen molar-refractivity contribution < 1.29 is 0 Å². The molecule has 0 saturated heterocycles. The van der Waals surface area contributed by atoms with Gasteiger partial charge in [0.25, 0.3) is 0 Å². The van der Waals surface area contributed by atoms with Crippen molar-refractivity contribution in [1.82, 2.24) is 4.57 Å². The monoisotopic (exact) mass is 792 g/mol. The highest BCUT2D eigenvalue weighted by Gasteiger charge is 2.40. The number of hydrogen-bond donors (Lipinski definition) is 0. The van der Waals surface area contributed by atoms with E-state index in [4.69, 9.17) is 0 Å². The Kier molecular flexibility index (Phi) is 7.16. The molecule has 294 valence electrons. The van der Waals surface area contributed by atoms with Crippen molar-refractivity contribution >= 4 is 71.2 Å². The Morgan fingerprint density at radius 3 is 1.52 bits per heavy atom. The van der Waals surface area contributed by atoms with Gasteiger partial charge in [0.2, 0.25) is 0 Å². The summed E-state index contributed by atoms with van der Waals surface area (Å²) < 4.78 is 2.57. The second kappa shape index (κ2) is 12.6. The smallest absolute Gasteiger partial charge is 0.0788 e. The van der Waals surface area contributed by atoms with Crippen LogP contribution in [0.15, 0.2) is 194 Å². The third-order valence-electron chi connectivity index (χ3n) is 14.6. The zero-order valence-electron chi connectivity index (χ0n) is 35.4. The number of nitrogens with zero attached hydrogens (tertiary/aromatic N) is 2. The molecule has 0 radical (unpaired) electrons. The zero-order chi connectivity index (χ0) is 41.5. The summed E-state index contributed by atoms with van der Waals surface area (Å²) in [7, 11) is 0. The van der Waals surface area contributed by atoms with E-state index in [0.29, 0.717) is 0 Å². The molecule has 0 saturated carbocycles. The molecule has 2 aliphatic carbocycles. The number of hydrogen-bond acceptors (Lipinski definition) is 1. The third-order valence-corrected chi connectivity index (χ3v) is 14.6. The summed E-state index contributed by atoms with van der Waals surface area (Å²) in [6, 6.07) is 73.0. The van der Waals surface area contributed by atoms with E-state index in [9.17, 15) is 0 Å². The van der Waals surface area contributed by atoms with Gasteiger partial charge in [0.05, 0.1) is 28.1 Å². The van der Waals surface area contributed by atoms with Crippen LogP contribution < -0.4 is 4.90 Å². The Labute approximate surface area is 361 Å². The lowest BCUT2D eigenvalue weighted by molar-refractivity contribution is 0.660. The van der Waals surface area contributed by atoms with Crippen LogP contribution in [-0.4, -0.2) is 4.57 Å². The fraction of sp³-hybridized carbons (Fsp3) is 0.100. The molecule has 0 unspecified atom stereocenters. The molecule has 1 aromatic heterocycles. The average Bonchev–Trinajstić information content (AvgIpc) is 3.86. The van der Waals surface area contributed by atoms with Crippen LogP contribution >= 0.6 is 0 Å². The van der Waals surface area contributed by atoms with Gasteiger partial charge >= 0.3 is 0 Å². The van der Waals surface area contributed by atoms with Crippen LogP contribution in [0.1, 0.15) is 49.9 Å². The second-order valence-corrected chi connectivity index (χ2v) is 18.4.